The summed E-state index contributed by atoms with van der Waals surface area (Å²) in [7, 11) is -1.15. The molecule has 0 fully saturated rings. The first-order chi connectivity index (χ1) is 13.8. The van der Waals surface area contributed by atoms with Gasteiger partial charge in [0.25, 0.3) is 21.8 Å². The van der Waals surface area contributed by atoms with E-state index >= 15 is 0 Å². The molecule has 0 saturated carbocycles. The molecule has 0 radical (unpaired) electrons. The molecular formula is C19H19N3O6S. The van der Waals surface area contributed by atoms with Crippen LogP contribution >= 0.6 is 0 Å². The number of hydrazone groups is 1. The number of fused-ring (bicyclic) bond motifs is 1. The van der Waals surface area contributed by atoms with Gasteiger partial charge in [0.15, 0.2) is 11.5 Å². The van der Waals surface area contributed by atoms with Gasteiger partial charge >= 0.3 is 0 Å². The monoisotopic (exact) mass is 417 g/mol. The van der Waals surface area contributed by atoms with Gasteiger partial charge in [0.05, 0.1) is 42.5 Å². The van der Waals surface area contributed by atoms with E-state index in [1.165, 1.54) is 39.3 Å². The van der Waals surface area contributed by atoms with Crippen LogP contribution in [0.1, 0.15) is 27.6 Å². The second-order valence-electron chi connectivity index (χ2n) is 6.20. The van der Waals surface area contributed by atoms with Crippen molar-refractivity contribution in [1.29, 1.82) is 0 Å². The van der Waals surface area contributed by atoms with Crippen molar-refractivity contribution in [1.82, 2.24) is 9.73 Å². The number of hydrogen-bond donors (Lipinski definition) is 1. The molecule has 2 aromatic rings. The Kier molecular flexibility index (Phi) is 5.55. The summed E-state index contributed by atoms with van der Waals surface area (Å²) in [4.78, 5) is 27.8. The number of nitrogens with one attached hydrogen (secondary N) is 1. The summed E-state index contributed by atoms with van der Waals surface area (Å²) < 4.78 is 35.2. The highest BCUT2D eigenvalue weighted by atomic mass is 32.2. The van der Waals surface area contributed by atoms with Gasteiger partial charge < -0.3 is 9.47 Å². The molecule has 1 heterocycles. The molecule has 2 aromatic carbocycles. The van der Waals surface area contributed by atoms with Crippen LogP contribution in [0.2, 0.25) is 0 Å². The molecule has 1 aliphatic rings. The van der Waals surface area contributed by atoms with Crippen molar-refractivity contribution in [3.63, 3.8) is 0 Å². The molecule has 9 nitrogen and oxygen atoms in total. The quantitative estimate of drug-likeness (QED) is 0.416. The highest BCUT2D eigenvalue weighted by molar-refractivity contribution is 7.89. The molecular weight excluding hydrogens is 398 g/mol. The van der Waals surface area contributed by atoms with Crippen LogP contribution in [-0.4, -0.2) is 51.6 Å². The summed E-state index contributed by atoms with van der Waals surface area (Å²) in [5, 5.41) is 3.83. The molecule has 0 saturated heterocycles. The topological polar surface area (TPSA) is 114 Å². The fourth-order valence-electron chi connectivity index (χ4n) is 2.82. The van der Waals surface area contributed by atoms with Crippen molar-refractivity contribution in [2.45, 2.75) is 11.8 Å². The summed E-state index contributed by atoms with van der Waals surface area (Å²) >= 11 is 0. The number of benzene rings is 2. The Balaban J connectivity index is 1.75. The number of rotatable bonds is 7. The number of imide groups is 1. The van der Waals surface area contributed by atoms with Crippen LogP contribution in [0.4, 0.5) is 0 Å². The zero-order chi connectivity index (χ0) is 21.2. The number of carbonyl (C=O) groups is 2. The predicted octanol–water partition coefficient (Wildman–Crippen LogP) is 1.65. The van der Waals surface area contributed by atoms with Crippen molar-refractivity contribution in [2.24, 2.45) is 5.10 Å². The Labute approximate surface area is 168 Å². The molecule has 0 bridgehead atoms. The standard InChI is InChI=1S/C19H19N3O6S/c1-12(11-22-18(23)14-6-4-5-7-15(14)19(22)24)20-21-29(25,26)13-8-9-16(27-2)17(10-13)28-3/h4-10,21H,11H2,1-3H3/b20-12+. The maximum Gasteiger partial charge on any atom is 0.276 e. The zero-order valence-corrected chi connectivity index (χ0v) is 16.8. The number of nitrogens with zero attached hydrogens (tertiary/aromatic N) is 2. The van der Waals surface area contributed by atoms with Gasteiger partial charge in [-0.25, -0.2) is 4.83 Å². The third kappa shape index (κ3) is 3.92. The van der Waals surface area contributed by atoms with E-state index in [2.05, 4.69) is 9.93 Å². The van der Waals surface area contributed by atoms with Gasteiger partial charge in [-0.3, -0.25) is 14.5 Å². The Morgan fingerprint density at radius 2 is 1.59 bits per heavy atom. The summed E-state index contributed by atoms with van der Waals surface area (Å²) in [6, 6.07) is 10.6. The van der Waals surface area contributed by atoms with Gasteiger partial charge in [-0.2, -0.15) is 13.5 Å². The van der Waals surface area contributed by atoms with Gasteiger partial charge in [0.1, 0.15) is 0 Å². The van der Waals surface area contributed by atoms with Crippen LogP contribution in [-0.2, 0) is 10.0 Å². The minimum atomic E-state index is -3.99. The van der Waals surface area contributed by atoms with E-state index in [4.69, 9.17) is 9.47 Å². The van der Waals surface area contributed by atoms with Crippen LogP contribution in [0.25, 0.3) is 0 Å². The van der Waals surface area contributed by atoms with Crippen molar-refractivity contribution in [3.05, 3.63) is 53.6 Å². The lowest BCUT2D eigenvalue weighted by Crippen LogP contribution is -2.35. The van der Waals surface area contributed by atoms with Crippen LogP contribution in [0.3, 0.4) is 0 Å². The normalized spacial score (nSPS) is 14.0. The predicted molar refractivity (Wildman–Crippen MR) is 105 cm³/mol. The Bertz CT molecular complexity index is 1080. The molecule has 152 valence electrons. The second kappa shape index (κ2) is 7.92. The molecule has 0 spiro atoms. The SMILES string of the molecule is COc1ccc(S(=O)(=O)N/N=C(\C)CN2C(=O)c3ccccc3C2=O)cc1OC. The lowest BCUT2D eigenvalue weighted by molar-refractivity contribution is 0.0677. The van der Waals surface area contributed by atoms with Gasteiger partial charge in [0, 0.05) is 6.07 Å². The first-order valence-corrected chi connectivity index (χ1v) is 9.99. The Hall–Kier alpha value is -3.40. The lowest BCUT2D eigenvalue weighted by Gasteiger charge is -2.14. The molecule has 3 rings (SSSR count). The summed E-state index contributed by atoms with van der Waals surface area (Å²) in [5.41, 5.74) is 0.871. The number of methoxy groups -OCH3 is 2. The smallest absolute Gasteiger partial charge is 0.276 e. The average molecular weight is 417 g/mol. The molecule has 0 aromatic heterocycles. The van der Waals surface area contributed by atoms with E-state index in [9.17, 15) is 18.0 Å². The molecule has 10 heteroatoms. The number of sulfonamides is 1. The van der Waals surface area contributed by atoms with Crippen molar-refractivity contribution in [2.75, 3.05) is 20.8 Å². The maximum atomic E-state index is 12.5. The average Bonchev–Trinajstić information content (AvgIpc) is 2.97. The number of ether oxygens (including phenoxy) is 2. The Morgan fingerprint density at radius 1 is 1.00 bits per heavy atom. The van der Waals surface area contributed by atoms with Crippen LogP contribution in [0.15, 0.2) is 52.5 Å². The molecule has 1 N–H and O–H groups in total. The van der Waals surface area contributed by atoms with Crippen LogP contribution in [0, 0.1) is 0 Å². The second-order valence-corrected chi connectivity index (χ2v) is 7.86. The summed E-state index contributed by atoms with van der Waals surface area (Å²) in [6.07, 6.45) is 0. The first kappa shape index (κ1) is 20.3. The molecule has 2 amide bonds. The highest BCUT2D eigenvalue weighted by Gasteiger charge is 2.35. The molecule has 0 atom stereocenters. The molecule has 1 aliphatic heterocycles. The third-order valence-electron chi connectivity index (χ3n) is 4.29. The lowest BCUT2D eigenvalue weighted by atomic mass is 10.1. The maximum absolute atomic E-state index is 12.5. The first-order valence-electron chi connectivity index (χ1n) is 8.50. The summed E-state index contributed by atoms with van der Waals surface area (Å²) in [6.45, 7) is 1.38. The fourth-order valence-corrected chi connectivity index (χ4v) is 3.71. The van der Waals surface area contributed by atoms with Crippen molar-refractivity contribution < 1.29 is 27.5 Å². The summed E-state index contributed by atoms with van der Waals surface area (Å²) in [5.74, 6) is -0.246. The number of carbonyl (C=O) groups excluding carboxylic acids is 2. The van der Waals surface area contributed by atoms with E-state index < -0.39 is 21.8 Å². The van der Waals surface area contributed by atoms with E-state index in [-0.39, 0.29) is 22.9 Å². The Morgan fingerprint density at radius 3 is 2.14 bits per heavy atom. The van der Waals surface area contributed by atoms with Gasteiger partial charge in [-0.05, 0) is 31.2 Å². The number of amides is 2. The molecule has 0 aliphatic carbocycles. The van der Waals surface area contributed by atoms with Crippen molar-refractivity contribution in [3.8, 4) is 11.5 Å². The van der Waals surface area contributed by atoms with Crippen LogP contribution in [0.5, 0.6) is 11.5 Å². The van der Waals surface area contributed by atoms with E-state index in [1.54, 1.807) is 24.3 Å². The zero-order valence-electron chi connectivity index (χ0n) is 16.0. The highest BCUT2D eigenvalue weighted by Crippen LogP contribution is 2.29. The van der Waals surface area contributed by atoms with E-state index in [0.717, 1.165) is 4.90 Å². The minimum Gasteiger partial charge on any atom is -0.493 e. The molecule has 0 unspecified atom stereocenters. The van der Waals surface area contributed by atoms with Crippen LogP contribution < -0.4 is 14.3 Å². The largest absolute Gasteiger partial charge is 0.493 e. The fraction of sp³-hybridized carbons (Fsp3) is 0.211. The van der Waals surface area contributed by atoms with Gasteiger partial charge in [0.2, 0.25) is 0 Å². The number of hydrogen-bond acceptors (Lipinski definition) is 7. The van der Waals surface area contributed by atoms with Gasteiger partial charge in [-0.1, -0.05) is 12.1 Å². The minimum absolute atomic E-state index is 0.0765. The van der Waals surface area contributed by atoms with E-state index in [1.807, 2.05) is 0 Å². The molecule has 29 heavy (non-hydrogen) atoms. The van der Waals surface area contributed by atoms with Crippen molar-refractivity contribution >= 4 is 27.5 Å². The van der Waals surface area contributed by atoms with E-state index in [0.29, 0.717) is 16.9 Å². The van der Waals surface area contributed by atoms with Gasteiger partial charge in [-0.15, -0.1) is 0 Å². The third-order valence-corrected chi connectivity index (χ3v) is 5.49.